The summed E-state index contributed by atoms with van der Waals surface area (Å²) >= 11 is 0. The lowest BCUT2D eigenvalue weighted by Gasteiger charge is -2.27. The van der Waals surface area contributed by atoms with Gasteiger partial charge in [-0.1, -0.05) is 237 Å². The number of rotatable bonds is 47. The Bertz CT molecular complexity index is 935. The molecule has 0 aromatic carbocycles. The molecule has 0 spiro atoms. The van der Waals surface area contributed by atoms with Gasteiger partial charge in [0.2, 0.25) is 5.91 Å². The van der Waals surface area contributed by atoms with Gasteiger partial charge in [-0.15, -0.1) is 0 Å². The molecule has 6 nitrogen and oxygen atoms in total. The van der Waals surface area contributed by atoms with Crippen molar-refractivity contribution >= 4 is 5.91 Å². The van der Waals surface area contributed by atoms with Gasteiger partial charge in [0, 0.05) is 0 Å². The van der Waals surface area contributed by atoms with Crippen molar-refractivity contribution < 1.29 is 25.2 Å². The van der Waals surface area contributed by atoms with Gasteiger partial charge in [0.05, 0.1) is 18.8 Å². The Morgan fingerprint density at radius 2 is 0.797 bits per heavy atom. The highest BCUT2D eigenvalue weighted by atomic mass is 16.3. The summed E-state index contributed by atoms with van der Waals surface area (Å²) in [7, 11) is 0. The zero-order valence-electron chi connectivity index (χ0n) is 39.3. The molecule has 5 N–H and O–H groups in total. The van der Waals surface area contributed by atoms with Gasteiger partial charge in [-0.25, -0.2) is 0 Å². The molecule has 0 fully saturated rings. The molecule has 59 heavy (non-hydrogen) atoms. The Morgan fingerprint density at radius 1 is 0.441 bits per heavy atom. The van der Waals surface area contributed by atoms with Crippen molar-refractivity contribution in [3.05, 3.63) is 36.5 Å². The van der Waals surface area contributed by atoms with Crippen LogP contribution in [0.2, 0.25) is 0 Å². The van der Waals surface area contributed by atoms with E-state index in [1.165, 1.54) is 186 Å². The molecule has 0 saturated heterocycles. The molecule has 0 aromatic heterocycles. The normalized spacial score (nSPS) is 14.2. The van der Waals surface area contributed by atoms with Crippen molar-refractivity contribution in [2.24, 2.45) is 0 Å². The Balaban J connectivity index is 3.68. The highest BCUT2D eigenvalue weighted by molar-refractivity contribution is 5.80. The molecule has 0 radical (unpaired) electrons. The largest absolute Gasteiger partial charge is 0.394 e. The van der Waals surface area contributed by atoms with E-state index in [-0.39, 0.29) is 0 Å². The molecule has 0 aliphatic carbocycles. The van der Waals surface area contributed by atoms with Crippen molar-refractivity contribution in [3.63, 3.8) is 0 Å². The van der Waals surface area contributed by atoms with E-state index in [0.717, 1.165) is 51.4 Å². The second-order valence-electron chi connectivity index (χ2n) is 17.8. The molecule has 0 heterocycles. The summed E-state index contributed by atoms with van der Waals surface area (Å²) in [6.45, 7) is 3.96. The van der Waals surface area contributed by atoms with Gasteiger partial charge < -0.3 is 25.7 Å². The van der Waals surface area contributed by atoms with E-state index in [9.17, 15) is 25.2 Å². The summed E-state index contributed by atoms with van der Waals surface area (Å²) in [4.78, 5) is 12.6. The van der Waals surface area contributed by atoms with Crippen LogP contribution in [0.5, 0.6) is 0 Å². The summed E-state index contributed by atoms with van der Waals surface area (Å²) in [5, 5.41) is 43.9. The molecule has 0 aliphatic rings. The smallest absolute Gasteiger partial charge is 0.249 e. The molecular formula is C53H101NO5. The summed E-state index contributed by atoms with van der Waals surface area (Å²) < 4.78 is 0. The van der Waals surface area contributed by atoms with Gasteiger partial charge in [-0.05, 0) is 64.2 Å². The number of hydrogen-bond acceptors (Lipinski definition) is 5. The van der Waals surface area contributed by atoms with Crippen molar-refractivity contribution in [1.82, 2.24) is 5.32 Å². The van der Waals surface area contributed by atoms with Gasteiger partial charge >= 0.3 is 0 Å². The minimum absolute atomic E-state index is 0.362. The predicted molar refractivity (Wildman–Crippen MR) is 256 cm³/mol. The van der Waals surface area contributed by atoms with Crippen LogP contribution in [0.1, 0.15) is 264 Å². The number of nitrogens with one attached hydrogen (secondary N) is 1. The summed E-state index contributed by atoms with van der Waals surface area (Å²) in [5.74, 6) is -0.592. The maximum Gasteiger partial charge on any atom is 0.249 e. The van der Waals surface area contributed by atoms with Crippen LogP contribution in [-0.2, 0) is 4.79 Å². The molecule has 4 atom stereocenters. The van der Waals surface area contributed by atoms with Gasteiger partial charge in [0.15, 0.2) is 0 Å². The highest BCUT2D eigenvalue weighted by Gasteiger charge is 2.28. The monoisotopic (exact) mass is 832 g/mol. The SMILES string of the molecule is CC/C=C\C/C=C\CCCCCCCCCCCCCCCC(O)C(=O)NC(CO)C(O)C(O)CCC/C=C/CCCCCCCCCCCCCCCCCCCC. The molecule has 0 bridgehead atoms. The molecule has 0 aliphatic heterocycles. The van der Waals surface area contributed by atoms with Crippen LogP contribution in [0, 0.1) is 0 Å². The van der Waals surface area contributed by atoms with E-state index in [1.54, 1.807) is 0 Å². The Kier molecular flexibility index (Phi) is 46.4. The van der Waals surface area contributed by atoms with Gasteiger partial charge in [0.1, 0.15) is 12.2 Å². The van der Waals surface area contributed by atoms with Crippen LogP contribution >= 0.6 is 0 Å². The fourth-order valence-corrected chi connectivity index (χ4v) is 8.03. The number of amides is 1. The van der Waals surface area contributed by atoms with Crippen molar-refractivity contribution in [2.75, 3.05) is 6.61 Å². The summed E-state index contributed by atoms with van der Waals surface area (Å²) in [6, 6.07) is -1.00. The fourth-order valence-electron chi connectivity index (χ4n) is 8.03. The fraction of sp³-hybridized carbons (Fsp3) is 0.868. The summed E-state index contributed by atoms with van der Waals surface area (Å²) in [6.07, 6.45) is 57.7. The van der Waals surface area contributed by atoms with Crippen LogP contribution in [-0.4, -0.2) is 57.3 Å². The first-order valence-corrected chi connectivity index (χ1v) is 25.9. The van der Waals surface area contributed by atoms with Crippen molar-refractivity contribution in [1.29, 1.82) is 0 Å². The Labute approximate surface area is 367 Å². The minimum atomic E-state index is -1.28. The molecule has 0 aromatic rings. The lowest BCUT2D eigenvalue weighted by Crippen LogP contribution is -2.53. The second kappa shape index (κ2) is 47.6. The molecule has 348 valence electrons. The van der Waals surface area contributed by atoms with Gasteiger partial charge in [-0.3, -0.25) is 4.79 Å². The number of unbranched alkanes of at least 4 members (excludes halogenated alkanes) is 32. The van der Waals surface area contributed by atoms with E-state index < -0.39 is 36.9 Å². The lowest BCUT2D eigenvalue weighted by molar-refractivity contribution is -0.132. The van der Waals surface area contributed by atoms with Crippen LogP contribution in [0.25, 0.3) is 0 Å². The maximum absolute atomic E-state index is 12.6. The lowest BCUT2D eigenvalue weighted by atomic mass is 10.00. The first-order chi connectivity index (χ1) is 29.0. The standard InChI is InChI=1S/C53H101NO5/c1-3-5-7-9-11-13-15-17-19-21-23-25-26-27-29-30-32-34-36-38-40-42-44-46-50(56)52(58)49(48-55)54-53(59)51(57)47-45-43-41-39-37-35-33-31-28-24-22-20-18-16-14-12-10-8-6-4-2/h6,8,12,14,38,40,49-52,55-58H,3-5,7,9-11,13,15-37,39,41-48H2,1-2H3,(H,54,59)/b8-6-,14-12-,40-38+. The average Bonchev–Trinajstić information content (AvgIpc) is 3.24. The first-order valence-electron chi connectivity index (χ1n) is 25.9. The van der Waals surface area contributed by atoms with E-state index >= 15 is 0 Å². The van der Waals surface area contributed by atoms with Crippen LogP contribution in [0.4, 0.5) is 0 Å². The van der Waals surface area contributed by atoms with E-state index in [2.05, 4.69) is 55.6 Å². The topological polar surface area (TPSA) is 110 Å². The minimum Gasteiger partial charge on any atom is -0.394 e. The Hall–Kier alpha value is -1.47. The van der Waals surface area contributed by atoms with E-state index in [1.807, 2.05) is 0 Å². The van der Waals surface area contributed by atoms with E-state index in [4.69, 9.17) is 0 Å². The molecule has 0 saturated carbocycles. The molecule has 0 rings (SSSR count). The second-order valence-corrected chi connectivity index (χ2v) is 17.8. The quantitative estimate of drug-likeness (QED) is 0.0310. The number of carbonyl (C=O) groups excluding carboxylic acids is 1. The maximum atomic E-state index is 12.6. The zero-order valence-corrected chi connectivity index (χ0v) is 39.3. The van der Waals surface area contributed by atoms with E-state index in [0.29, 0.717) is 12.8 Å². The number of hydrogen-bond donors (Lipinski definition) is 5. The van der Waals surface area contributed by atoms with Gasteiger partial charge in [0.25, 0.3) is 0 Å². The third-order valence-corrected chi connectivity index (χ3v) is 12.1. The zero-order chi connectivity index (χ0) is 43.1. The van der Waals surface area contributed by atoms with Crippen molar-refractivity contribution in [2.45, 2.75) is 289 Å². The van der Waals surface area contributed by atoms with Crippen LogP contribution in [0.3, 0.4) is 0 Å². The molecule has 6 heteroatoms. The first kappa shape index (κ1) is 57.5. The van der Waals surface area contributed by atoms with Gasteiger partial charge in [-0.2, -0.15) is 0 Å². The number of aliphatic hydroxyl groups excluding tert-OH is 4. The molecular weight excluding hydrogens is 731 g/mol. The third kappa shape index (κ3) is 41.6. The predicted octanol–water partition coefficient (Wildman–Crippen LogP) is 14.5. The van der Waals surface area contributed by atoms with Crippen molar-refractivity contribution in [3.8, 4) is 0 Å². The Morgan fingerprint density at radius 3 is 1.20 bits per heavy atom. The average molecular weight is 832 g/mol. The van der Waals surface area contributed by atoms with Crippen LogP contribution < -0.4 is 5.32 Å². The highest BCUT2D eigenvalue weighted by Crippen LogP contribution is 2.17. The number of allylic oxidation sites excluding steroid dienone is 6. The van der Waals surface area contributed by atoms with Crippen LogP contribution in [0.15, 0.2) is 36.5 Å². The number of aliphatic hydroxyl groups is 4. The molecule has 1 amide bonds. The molecule has 4 unspecified atom stereocenters. The summed E-state index contributed by atoms with van der Waals surface area (Å²) in [5.41, 5.74) is 0. The number of carbonyl (C=O) groups is 1. The third-order valence-electron chi connectivity index (χ3n) is 12.1.